The monoisotopic (exact) mass is 538 g/mol. The number of carbonyl (C=O) groups is 1. The molecule has 0 saturated carbocycles. The molecule has 9 heteroatoms. The summed E-state index contributed by atoms with van der Waals surface area (Å²) in [6, 6.07) is 15.2. The SMILES string of the molecule is CC(C)(C)OC(=O)N1Cc2c(-c3ccncc3)c(-c3ccc(Cl)cc3F)nn2C(c2ccccc2Cl)C1. The van der Waals surface area contributed by atoms with E-state index in [9.17, 15) is 4.79 Å². The molecule has 37 heavy (non-hydrogen) atoms. The van der Waals surface area contributed by atoms with Crippen molar-refractivity contribution in [2.75, 3.05) is 6.54 Å². The van der Waals surface area contributed by atoms with Crippen LogP contribution in [0, 0.1) is 5.82 Å². The van der Waals surface area contributed by atoms with E-state index in [0.717, 1.165) is 16.8 Å². The third-order valence-corrected chi connectivity index (χ3v) is 6.69. The number of halogens is 3. The quantitative estimate of drug-likeness (QED) is 0.272. The van der Waals surface area contributed by atoms with Crippen LogP contribution in [0.2, 0.25) is 10.0 Å². The summed E-state index contributed by atoms with van der Waals surface area (Å²) in [6.45, 7) is 5.98. The molecule has 3 heterocycles. The fourth-order valence-electron chi connectivity index (χ4n) is 4.54. The minimum Gasteiger partial charge on any atom is -0.444 e. The van der Waals surface area contributed by atoms with Crippen molar-refractivity contribution in [3.05, 3.63) is 94.1 Å². The second-order valence-corrected chi connectivity index (χ2v) is 10.7. The van der Waals surface area contributed by atoms with Gasteiger partial charge in [0.15, 0.2) is 0 Å². The summed E-state index contributed by atoms with van der Waals surface area (Å²) < 4.78 is 22.8. The number of benzene rings is 2. The van der Waals surface area contributed by atoms with Crippen molar-refractivity contribution in [1.29, 1.82) is 0 Å². The maximum absolute atomic E-state index is 15.2. The van der Waals surface area contributed by atoms with Crippen molar-refractivity contribution >= 4 is 29.3 Å². The molecule has 2 aromatic heterocycles. The van der Waals surface area contributed by atoms with Crippen LogP contribution in [0.3, 0.4) is 0 Å². The molecule has 6 nitrogen and oxygen atoms in total. The normalized spacial score (nSPS) is 15.4. The first-order valence-corrected chi connectivity index (χ1v) is 12.6. The zero-order chi connectivity index (χ0) is 26.3. The lowest BCUT2D eigenvalue weighted by atomic mass is 9.97. The van der Waals surface area contributed by atoms with Gasteiger partial charge in [0.05, 0.1) is 24.8 Å². The van der Waals surface area contributed by atoms with E-state index in [4.69, 9.17) is 33.0 Å². The average Bonchev–Trinajstić information content (AvgIpc) is 3.22. The molecule has 1 aliphatic heterocycles. The fourth-order valence-corrected chi connectivity index (χ4v) is 4.96. The number of nitrogens with zero attached hydrogens (tertiary/aromatic N) is 4. The molecule has 2 aromatic carbocycles. The van der Waals surface area contributed by atoms with Gasteiger partial charge in [0.25, 0.3) is 0 Å². The molecular formula is C28H25Cl2FN4O2. The summed E-state index contributed by atoms with van der Waals surface area (Å²) in [5.74, 6) is -0.489. The first-order valence-electron chi connectivity index (χ1n) is 11.8. The summed E-state index contributed by atoms with van der Waals surface area (Å²) >= 11 is 12.7. The molecular weight excluding hydrogens is 514 g/mol. The first kappa shape index (κ1) is 25.2. The van der Waals surface area contributed by atoms with Crippen molar-refractivity contribution < 1.29 is 13.9 Å². The highest BCUT2D eigenvalue weighted by molar-refractivity contribution is 6.31. The van der Waals surface area contributed by atoms with Gasteiger partial charge in [0.1, 0.15) is 17.1 Å². The van der Waals surface area contributed by atoms with Crippen LogP contribution in [0.5, 0.6) is 0 Å². The molecule has 4 aromatic rings. The number of hydrogen-bond donors (Lipinski definition) is 0. The number of aromatic nitrogens is 3. The van der Waals surface area contributed by atoms with Crippen molar-refractivity contribution in [3.8, 4) is 22.4 Å². The number of rotatable bonds is 3. The molecule has 5 rings (SSSR count). The van der Waals surface area contributed by atoms with Gasteiger partial charge in [-0.1, -0.05) is 41.4 Å². The van der Waals surface area contributed by atoms with E-state index in [0.29, 0.717) is 26.9 Å². The number of fused-ring (bicyclic) bond motifs is 1. The number of carbonyl (C=O) groups excluding carboxylic acids is 1. The molecule has 0 bridgehead atoms. The standard InChI is InChI=1S/C28H25Cl2FN4O2/c1-28(2,3)37-27(36)34-15-23(19-6-4-5-7-21(19)30)35-24(16-34)25(17-10-12-32-13-11-17)26(33-35)20-9-8-18(29)14-22(20)31/h4-14,23H,15-16H2,1-3H3. The van der Waals surface area contributed by atoms with Crippen LogP contribution >= 0.6 is 23.2 Å². The lowest BCUT2D eigenvalue weighted by Gasteiger charge is -2.35. The molecule has 190 valence electrons. The van der Waals surface area contributed by atoms with Gasteiger partial charge in [-0.2, -0.15) is 5.10 Å². The van der Waals surface area contributed by atoms with E-state index in [1.165, 1.54) is 6.07 Å². The summed E-state index contributed by atoms with van der Waals surface area (Å²) in [6.07, 6.45) is 2.89. The molecule has 1 atom stereocenters. The molecule has 0 aliphatic carbocycles. The third-order valence-electron chi connectivity index (χ3n) is 6.11. The van der Waals surface area contributed by atoms with E-state index >= 15 is 4.39 Å². The highest BCUT2D eigenvalue weighted by atomic mass is 35.5. The highest BCUT2D eigenvalue weighted by Gasteiger charge is 2.37. The van der Waals surface area contributed by atoms with Gasteiger partial charge in [0, 0.05) is 33.6 Å². The Labute approximate surface area is 224 Å². The average molecular weight is 539 g/mol. The van der Waals surface area contributed by atoms with Crippen molar-refractivity contribution in [2.24, 2.45) is 0 Å². The van der Waals surface area contributed by atoms with Crippen LogP contribution in [0.15, 0.2) is 67.0 Å². The first-order chi connectivity index (χ1) is 17.6. The van der Waals surface area contributed by atoms with Crippen LogP contribution < -0.4 is 0 Å². The van der Waals surface area contributed by atoms with E-state index in [-0.39, 0.29) is 13.1 Å². The lowest BCUT2D eigenvalue weighted by molar-refractivity contribution is 0.0176. The zero-order valence-electron chi connectivity index (χ0n) is 20.6. The second-order valence-electron chi connectivity index (χ2n) is 9.87. The Kier molecular flexibility index (Phi) is 6.68. The summed E-state index contributed by atoms with van der Waals surface area (Å²) in [7, 11) is 0. The van der Waals surface area contributed by atoms with Crippen LogP contribution in [-0.4, -0.2) is 37.9 Å². The molecule has 0 N–H and O–H groups in total. The number of hydrogen-bond acceptors (Lipinski definition) is 4. The number of ether oxygens (including phenoxy) is 1. The van der Waals surface area contributed by atoms with E-state index in [1.807, 2.05) is 55.8 Å². The van der Waals surface area contributed by atoms with E-state index in [2.05, 4.69) is 4.98 Å². The maximum atomic E-state index is 15.2. The predicted octanol–water partition coefficient (Wildman–Crippen LogP) is 7.40. The highest BCUT2D eigenvalue weighted by Crippen LogP contribution is 2.42. The zero-order valence-corrected chi connectivity index (χ0v) is 22.1. The fraction of sp³-hybridized carbons (Fsp3) is 0.250. The van der Waals surface area contributed by atoms with Gasteiger partial charge in [-0.25, -0.2) is 9.18 Å². The maximum Gasteiger partial charge on any atom is 0.410 e. The minimum atomic E-state index is -0.666. The molecule has 0 spiro atoms. The largest absolute Gasteiger partial charge is 0.444 e. The van der Waals surface area contributed by atoms with Crippen molar-refractivity contribution in [3.63, 3.8) is 0 Å². The van der Waals surface area contributed by atoms with Gasteiger partial charge in [-0.3, -0.25) is 14.6 Å². The Hall–Kier alpha value is -3.42. The Bertz CT molecular complexity index is 1470. The minimum absolute atomic E-state index is 0.218. The second kappa shape index (κ2) is 9.80. The summed E-state index contributed by atoms with van der Waals surface area (Å²) in [5.41, 5.74) is 3.11. The number of pyridine rings is 1. The third kappa shape index (κ3) is 5.06. The van der Waals surface area contributed by atoms with Gasteiger partial charge in [0.2, 0.25) is 0 Å². The van der Waals surface area contributed by atoms with Gasteiger partial charge < -0.3 is 4.74 Å². The molecule has 1 amide bonds. The topological polar surface area (TPSA) is 60.2 Å². The van der Waals surface area contributed by atoms with Gasteiger partial charge >= 0.3 is 6.09 Å². The molecule has 1 unspecified atom stereocenters. The lowest BCUT2D eigenvalue weighted by Crippen LogP contribution is -2.44. The van der Waals surface area contributed by atoms with Gasteiger partial charge in [-0.15, -0.1) is 0 Å². The van der Waals surface area contributed by atoms with Crippen LogP contribution in [0.4, 0.5) is 9.18 Å². The van der Waals surface area contributed by atoms with E-state index < -0.39 is 23.6 Å². The smallest absolute Gasteiger partial charge is 0.410 e. The Balaban J connectivity index is 1.75. The van der Waals surface area contributed by atoms with E-state index in [1.54, 1.807) is 35.5 Å². The Morgan fingerprint density at radius 3 is 2.49 bits per heavy atom. The van der Waals surface area contributed by atoms with Crippen LogP contribution in [0.25, 0.3) is 22.4 Å². The molecule has 0 fully saturated rings. The molecule has 0 radical (unpaired) electrons. The van der Waals surface area contributed by atoms with Crippen LogP contribution in [0.1, 0.15) is 38.1 Å². The Morgan fingerprint density at radius 2 is 1.81 bits per heavy atom. The summed E-state index contributed by atoms with van der Waals surface area (Å²) in [5, 5.41) is 5.77. The summed E-state index contributed by atoms with van der Waals surface area (Å²) in [4.78, 5) is 19.0. The van der Waals surface area contributed by atoms with Crippen molar-refractivity contribution in [1.82, 2.24) is 19.7 Å². The molecule has 0 saturated heterocycles. The Morgan fingerprint density at radius 1 is 1.08 bits per heavy atom. The van der Waals surface area contributed by atoms with Crippen LogP contribution in [-0.2, 0) is 11.3 Å². The molecule has 1 aliphatic rings. The predicted molar refractivity (Wildman–Crippen MR) is 142 cm³/mol. The number of amides is 1. The van der Waals surface area contributed by atoms with Crippen molar-refractivity contribution in [2.45, 2.75) is 39.0 Å². The van der Waals surface area contributed by atoms with Gasteiger partial charge in [-0.05, 0) is 68.3 Å².